The highest BCUT2D eigenvalue weighted by Gasteiger charge is 2.28. The minimum Gasteiger partial charge on any atom is -0.481 e. The second kappa shape index (κ2) is 9.72. The number of aromatic nitrogens is 2. The summed E-state index contributed by atoms with van der Waals surface area (Å²) in [5.74, 6) is 0.704. The molecule has 1 aromatic carbocycles. The molecule has 0 saturated carbocycles. The second-order valence-electron chi connectivity index (χ2n) is 7.47. The molecule has 0 atom stereocenters. The lowest BCUT2D eigenvalue weighted by Gasteiger charge is -2.31. The first-order chi connectivity index (χ1) is 15.9. The number of nitro groups is 1. The van der Waals surface area contributed by atoms with Gasteiger partial charge < -0.3 is 14.4 Å². The summed E-state index contributed by atoms with van der Waals surface area (Å²) >= 11 is 7.44. The Kier molecular flexibility index (Phi) is 6.75. The van der Waals surface area contributed by atoms with Gasteiger partial charge in [-0.3, -0.25) is 14.9 Å². The van der Waals surface area contributed by atoms with E-state index in [-0.39, 0.29) is 28.4 Å². The first-order valence-corrected chi connectivity index (χ1v) is 11.4. The van der Waals surface area contributed by atoms with Gasteiger partial charge in [-0.2, -0.15) is 4.98 Å². The molecule has 0 radical (unpaired) electrons. The minimum absolute atomic E-state index is 0.0972. The van der Waals surface area contributed by atoms with Crippen molar-refractivity contribution in [3.63, 3.8) is 0 Å². The molecule has 0 aliphatic carbocycles. The summed E-state index contributed by atoms with van der Waals surface area (Å²) in [5, 5.41) is 14.1. The molecule has 1 aliphatic heterocycles. The van der Waals surface area contributed by atoms with Gasteiger partial charge in [-0.05, 0) is 25.0 Å². The largest absolute Gasteiger partial charge is 0.481 e. The first kappa shape index (κ1) is 22.9. The Morgan fingerprint density at radius 2 is 1.94 bits per heavy atom. The monoisotopic (exact) mass is 488 g/mol. The number of halogens is 1. The first-order valence-electron chi connectivity index (χ1n) is 10.2. The van der Waals surface area contributed by atoms with Crippen LogP contribution in [0.2, 0.25) is 5.02 Å². The van der Waals surface area contributed by atoms with Gasteiger partial charge in [-0.1, -0.05) is 17.7 Å². The van der Waals surface area contributed by atoms with Crippen molar-refractivity contribution in [1.82, 2.24) is 14.9 Å². The van der Waals surface area contributed by atoms with Gasteiger partial charge in [0.25, 0.3) is 11.6 Å². The van der Waals surface area contributed by atoms with E-state index in [1.807, 2.05) is 5.38 Å². The van der Waals surface area contributed by atoms with Crippen molar-refractivity contribution >= 4 is 34.5 Å². The number of methoxy groups -OCH3 is 2. The van der Waals surface area contributed by atoms with Crippen molar-refractivity contribution in [2.45, 2.75) is 18.8 Å². The van der Waals surface area contributed by atoms with E-state index in [1.54, 1.807) is 23.1 Å². The lowest BCUT2D eigenvalue weighted by Crippen LogP contribution is -2.38. The van der Waals surface area contributed by atoms with Crippen molar-refractivity contribution in [2.24, 2.45) is 0 Å². The number of likely N-dealkylation sites (tertiary alicyclic amines) is 1. The Labute approximate surface area is 199 Å². The van der Waals surface area contributed by atoms with Gasteiger partial charge in [0.1, 0.15) is 10.6 Å². The summed E-state index contributed by atoms with van der Waals surface area (Å²) in [6, 6.07) is 7.99. The lowest BCUT2D eigenvalue weighted by atomic mass is 9.97. The molecule has 1 saturated heterocycles. The molecular formula is C22H21ClN4O5S. The molecule has 0 N–H and O–H groups in total. The average molecular weight is 489 g/mol. The number of amides is 1. The van der Waals surface area contributed by atoms with E-state index in [9.17, 15) is 14.9 Å². The minimum atomic E-state index is -0.501. The van der Waals surface area contributed by atoms with Crippen molar-refractivity contribution in [3.8, 4) is 23.0 Å². The Balaban J connectivity index is 1.44. The van der Waals surface area contributed by atoms with Crippen LogP contribution in [-0.2, 0) is 0 Å². The summed E-state index contributed by atoms with van der Waals surface area (Å²) in [6.07, 6.45) is 1.54. The fraction of sp³-hybridized carbons (Fsp3) is 0.318. The quantitative estimate of drug-likeness (QED) is 0.362. The molecule has 1 amide bonds. The van der Waals surface area contributed by atoms with Crippen molar-refractivity contribution in [3.05, 3.63) is 61.4 Å². The van der Waals surface area contributed by atoms with Gasteiger partial charge in [0.05, 0.1) is 29.8 Å². The Morgan fingerprint density at radius 1 is 1.18 bits per heavy atom. The van der Waals surface area contributed by atoms with E-state index in [2.05, 4.69) is 4.98 Å². The van der Waals surface area contributed by atoms with Crippen molar-refractivity contribution in [2.75, 3.05) is 27.3 Å². The molecule has 3 aromatic rings. The number of ether oxygens (including phenoxy) is 2. The molecule has 3 heterocycles. The van der Waals surface area contributed by atoms with Crippen LogP contribution in [0.1, 0.15) is 34.1 Å². The molecule has 4 rings (SSSR count). The van der Waals surface area contributed by atoms with Gasteiger partial charge in [-0.25, -0.2) is 4.98 Å². The predicted octanol–water partition coefficient (Wildman–Crippen LogP) is 4.80. The normalized spacial score (nSPS) is 14.2. The maximum atomic E-state index is 13.0. The number of carbonyl (C=O) groups excluding carboxylic acids is 1. The van der Waals surface area contributed by atoms with Crippen LogP contribution in [0.4, 0.5) is 5.69 Å². The zero-order valence-electron chi connectivity index (χ0n) is 18.0. The van der Waals surface area contributed by atoms with Crippen molar-refractivity contribution in [1.29, 1.82) is 0 Å². The fourth-order valence-corrected chi connectivity index (χ4v) is 4.96. The van der Waals surface area contributed by atoms with E-state index in [4.69, 9.17) is 26.1 Å². The average Bonchev–Trinajstić information content (AvgIpc) is 3.33. The summed E-state index contributed by atoms with van der Waals surface area (Å²) < 4.78 is 10.4. The molecule has 2 aromatic heterocycles. The van der Waals surface area contributed by atoms with Gasteiger partial charge >= 0.3 is 0 Å². The molecule has 0 unspecified atom stereocenters. The van der Waals surface area contributed by atoms with Gasteiger partial charge in [0.2, 0.25) is 11.8 Å². The number of piperidine rings is 1. The number of hydrogen-bond acceptors (Lipinski definition) is 8. The number of rotatable bonds is 6. The zero-order chi connectivity index (χ0) is 23.5. The third kappa shape index (κ3) is 4.76. The third-order valence-corrected chi connectivity index (χ3v) is 6.89. The number of benzene rings is 1. The molecular weight excluding hydrogens is 468 g/mol. The van der Waals surface area contributed by atoms with Crippen LogP contribution >= 0.6 is 22.9 Å². The molecule has 1 fully saturated rings. The van der Waals surface area contributed by atoms with Crippen LogP contribution in [0.25, 0.3) is 11.3 Å². The Morgan fingerprint density at radius 3 is 2.61 bits per heavy atom. The van der Waals surface area contributed by atoms with Gasteiger partial charge in [0, 0.05) is 42.1 Å². The highest BCUT2D eigenvalue weighted by Crippen LogP contribution is 2.35. The Bertz CT molecular complexity index is 1190. The van der Waals surface area contributed by atoms with Crippen molar-refractivity contribution < 1.29 is 19.2 Å². The van der Waals surface area contributed by atoms with Crippen LogP contribution < -0.4 is 9.47 Å². The van der Waals surface area contributed by atoms with Crippen LogP contribution in [-0.4, -0.2) is 53.0 Å². The molecule has 11 heteroatoms. The number of carbonyl (C=O) groups is 1. The van der Waals surface area contributed by atoms with Crippen LogP contribution in [0.15, 0.2) is 35.7 Å². The van der Waals surface area contributed by atoms with E-state index >= 15 is 0 Å². The van der Waals surface area contributed by atoms with Crippen LogP contribution in [0.3, 0.4) is 0 Å². The predicted molar refractivity (Wildman–Crippen MR) is 124 cm³/mol. The molecule has 0 spiro atoms. The SMILES string of the molecule is COc1ccc(C(=O)N2CCC(c3nc(-c4ccc(Cl)c([N+](=O)[O-])c4)cs3)CC2)c(OC)n1. The number of nitro benzene ring substituents is 1. The van der Waals surface area contributed by atoms with Gasteiger partial charge in [-0.15, -0.1) is 11.3 Å². The fourth-order valence-electron chi connectivity index (χ4n) is 3.78. The highest BCUT2D eigenvalue weighted by atomic mass is 35.5. The molecule has 0 bridgehead atoms. The van der Waals surface area contributed by atoms with E-state index < -0.39 is 4.92 Å². The number of pyridine rings is 1. The molecule has 172 valence electrons. The topological polar surface area (TPSA) is 108 Å². The Hall–Kier alpha value is -3.24. The third-order valence-electron chi connectivity index (χ3n) is 5.56. The van der Waals surface area contributed by atoms with E-state index in [0.717, 1.165) is 17.8 Å². The summed E-state index contributed by atoms with van der Waals surface area (Å²) in [6.45, 7) is 1.17. The van der Waals surface area contributed by atoms with E-state index in [1.165, 1.54) is 37.7 Å². The summed E-state index contributed by atoms with van der Waals surface area (Å²) in [7, 11) is 2.98. The maximum absolute atomic E-state index is 13.0. The molecule has 1 aliphatic rings. The van der Waals surface area contributed by atoms with Gasteiger partial charge in [0.15, 0.2) is 0 Å². The standard InChI is InChI=1S/C22H21ClN4O5S/c1-31-19-6-4-15(20(25-19)32-2)22(28)26-9-7-13(8-10-26)21-24-17(12-33-21)14-3-5-16(23)18(11-14)27(29)30/h3-6,11-13H,7-10H2,1-2H3. The number of thiazole rings is 1. The summed E-state index contributed by atoms with van der Waals surface area (Å²) in [4.78, 5) is 34.4. The van der Waals surface area contributed by atoms with E-state index in [0.29, 0.717) is 35.8 Å². The number of nitrogens with zero attached hydrogens (tertiary/aromatic N) is 4. The highest BCUT2D eigenvalue weighted by molar-refractivity contribution is 7.10. The summed E-state index contributed by atoms with van der Waals surface area (Å²) in [5.41, 5.74) is 1.60. The van der Waals surface area contributed by atoms with Crippen LogP contribution in [0.5, 0.6) is 11.8 Å². The zero-order valence-corrected chi connectivity index (χ0v) is 19.6. The number of hydrogen-bond donors (Lipinski definition) is 0. The molecule has 9 nitrogen and oxygen atoms in total. The smallest absolute Gasteiger partial charge is 0.288 e. The molecule has 33 heavy (non-hydrogen) atoms. The second-order valence-corrected chi connectivity index (χ2v) is 8.77. The maximum Gasteiger partial charge on any atom is 0.288 e. The van der Waals surface area contributed by atoms with Crippen LogP contribution in [0, 0.1) is 10.1 Å². The lowest BCUT2D eigenvalue weighted by molar-refractivity contribution is -0.384.